The molecule has 0 bridgehead atoms. The van der Waals surface area contributed by atoms with Crippen molar-refractivity contribution < 1.29 is 4.79 Å². The van der Waals surface area contributed by atoms with E-state index in [1.165, 1.54) is 12.3 Å². The van der Waals surface area contributed by atoms with E-state index in [2.05, 4.69) is 31.2 Å². The van der Waals surface area contributed by atoms with Crippen LogP contribution in [0.2, 0.25) is 5.15 Å². The fourth-order valence-corrected chi connectivity index (χ4v) is 1.82. The van der Waals surface area contributed by atoms with E-state index in [9.17, 15) is 4.79 Å². The van der Waals surface area contributed by atoms with E-state index >= 15 is 0 Å². The molecule has 2 heterocycles. The van der Waals surface area contributed by atoms with Crippen molar-refractivity contribution in [2.24, 2.45) is 0 Å². The number of nitrogens with one attached hydrogen (secondary N) is 1. The number of nitrogens with two attached hydrogens (primary N) is 1. The van der Waals surface area contributed by atoms with Crippen LogP contribution in [0.5, 0.6) is 0 Å². The smallest absolute Gasteiger partial charge is 0.260 e. The number of halogens is 2. The summed E-state index contributed by atoms with van der Waals surface area (Å²) in [5.74, 6) is 0.0308. The molecule has 0 radical (unpaired) electrons. The second-order valence-corrected chi connectivity index (χ2v) is 5.09. The van der Waals surface area contributed by atoms with Crippen molar-refractivity contribution in [2.75, 3.05) is 11.1 Å². The molecule has 0 aliphatic heterocycles. The number of carbonyl (C=O) groups excluding carboxylic acids is 1. The number of aryl methyl sites for hydroxylation is 1. The van der Waals surface area contributed by atoms with Gasteiger partial charge in [-0.25, -0.2) is 9.97 Å². The Balaban J connectivity index is 2.25. The van der Waals surface area contributed by atoms with Crippen LogP contribution in [0.15, 0.2) is 29.0 Å². The highest BCUT2D eigenvalue weighted by Crippen LogP contribution is 2.20. The third-order valence-electron chi connectivity index (χ3n) is 2.39. The zero-order valence-corrected chi connectivity index (χ0v) is 12.3. The van der Waals surface area contributed by atoms with Crippen LogP contribution in [0.25, 0.3) is 0 Å². The minimum absolute atomic E-state index is 0.0977. The number of aromatic nitrogens is 2. The molecule has 3 N–H and O–H groups in total. The highest BCUT2D eigenvalue weighted by molar-refractivity contribution is 9.10. The van der Waals surface area contributed by atoms with Crippen LogP contribution in [0.3, 0.4) is 0 Å². The third kappa shape index (κ3) is 3.21. The van der Waals surface area contributed by atoms with Gasteiger partial charge in [-0.05, 0) is 40.5 Å². The summed E-state index contributed by atoms with van der Waals surface area (Å²) in [6.45, 7) is 1.90. The predicted molar refractivity (Wildman–Crippen MR) is 78.3 cm³/mol. The number of amides is 1. The molecule has 0 aliphatic rings. The van der Waals surface area contributed by atoms with Crippen LogP contribution in [-0.2, 0) is 0 Å². The van der Waals surface area contributed by atoms with Gasteiger partial charge in [-0.3, -0.25) is 4.79 Å². The molecular weight excluding hydrogens is 332 g/mol. The van der Waals surface area contributed by atoms with Gasteiger partial charge in [-0.1, -0.05) is 11.6 Å². The molecule has 5 nitrogen and oxygen atoms in total. The van der Waals surface area contributed by atoms with E-state index in [4.69, 9.17) is 17.3 Å². The minimum atomic E-state index is -0.404. The summed E-state index contributed by atoms with van der Waals surface area (Å²) in [6, 6.07) is 3.21. The maximum absolute atomic E-state index is 12.0. The zero-order valence-electron chi connectivity index (χ0n) is 9.95. The second kappa shape index (κ2) is 5.54. The van der Waals surface area contributed by atoms with Gasteiger partial charge in [0.05, 0.1) is 17.4 Å². The minimum Gasteiger partial charge on any atom is -0.397 e. The molecule has 0 aromatic carbocycles. The summed E-state index contributed by atoms with van der Waals surface area (Å²) in [7, 11) is 0. The van der Waals surface area contributed by atoms with E-state index in [0.717, 1.165) is 10.0 Å². The Morgan fingerprint density at radius 1 is 1.37 bits per heavy atom. The first kappa shape index (κ1) is 13.8. The largest absolute Gasteiger partial charge is 0.397 e. The Hall–Kier alpha value is -1.66. The molecule has 1 amide bonds. The molecule has 2 aromatic heterocycles. The number of nitrogens with zero attached hydrogens (tertiary/aromatic N) is 2. The summed E-state index contributed by atoms with van der Waals surface area (Å²) in [5, 5.41) is 2.74. The quantitative estimate of drug-likeness (QED) is 0.823. The number of rotatable bonds is 2. The monoisotopic (exact) mass is 340 g/mol. The van der Waals surface area contributed by atoms with Crippen LogP contribution in [0.4, 0.5) is 11.5 Å². The van der Waals surface area contributed by atoms with Gasteiger partial charge >= 0.3 is 0 Å². The average molecular weight is 342 g/mol. The zero-order chi connectivity index (χ0) is 14.0. The lowest BCUT2D eigenvalue weighted by Gasteiger charge is -2.07. The highest BCUT2D eigenvalue weighted by atomic mass is 79.9. The van der Waals surface area contributed by atoms with Gasteiger partial charge in [0.25, 0.3) is 5.91 Å². The fraction of sp³-hybridized carbons (Fsp3) is 0.0833. The molecule has 0 spiro atoms. The summed E-state index contributed by atoms with van der Waals surface area (Å²) in [5.41, 5.74) is 7.12. The fourth-order valence-electron chi connectivity index (χ4n) is 1.41. The summed E-state index contributed by atoms with van der Waals surface area (Å²) >= 11 is 9.20. The van der Waals surface area contributed by atoms with Crippen molar-refractivity contribution in [2.45, 2.75) is 6.92 Å². The molecule has 0 aliphatic carbocycles. The standard InChI is InChI=1S/C12H10BrClN4O/c1-6-2-10(16-5-9(6)13)18-12(19)8-3-7(15)4-17-11(8)14/h2-5H,15H2,1H3,(H,16,18,19). The number of hydrogen-bond donors (Lipinski definition) is 2. The molecule has 0 unspecified atom stereocenters. The van der Waals surface area contributed by atoms with Crippen LogP contribution in [0.1, 0.15) is 15.9 Å². The van der Waals surface area contributed by atoms with Crippen molar-refractivity contribution in [1.82, 2.24) is 9.97 Å². The summed E-state index contributed by atoms with van der Waals surface area (Å²) < 4.78 is 0.870. The van der Waals surface area contributed by atoms with Crippen molar-refractivity contribution in [3.05, 3.63) is 45.3 Å². The highest BCUT2D eigenvalue weighted by Gasteiger charge is 2.13. The lowest BCUT2D eigenvalue weighted by atomic mass is 10.2. The number of anilines is 2. The SMILES string of the molecule is Cc1cc(NC(=O)c2cc(N)cnc2Cl)ncc1Br. The molecule has 0 saturated heterocycles. The maximum atomic E-state index is 12.0. The summed E-state index contributed by atoms with van der Waals surface area (Å²) in [6.07, 6.45) is 3.01. The molecule has 0 saturated carbocycles. The van der Waals surface area contributed by atoms with Crippen LogP contribution in [-0.4, -0.2) is 15.9 Å². The molecule has 2 aromatic rings. The number of nitrogen functional groups attached to an aromatic ring is 1. The van der Waals surface area contributed by atoms with Crippen LogP contribution in [0, 0.1) is 6.92 Å². The average Bonchev–Trinajstić information content (AvgIpc) is 2.36. The first-order chi connectivity index (χ1) is 8.97. The van der Waals surface area contributed by atoms with E-state index in [1.807, 2.05) is 6.92 Å². The topological polar surface area (TPSA) is 80.9 Å². The second-order valence-electron chi connectivity index (χ2n) is 3.88. The molecule has 0 fully saturated rings. The van der Waals surface area contributed by atoms with Gasteiger partial charge in [0.1, 0.15) is 11.0 Å². The predicted octanol–water partition coefficient (Wildman–Crippen LogP) is 3.04. The first-order valence-corrected chi connectivity index (χ1v) is 6.49. The van der Waals surface area contributed by atoms with Crippen molar-refractivity contribution in [1.29, 1.82) is 0 Å². The van der Waals surface area contributed by atoms with Crippen LogP contribution < -0.4 is 11.1 Å². The van der Waals surface area contributed by atoms with Gasteiger partial charge in [0.2, 0.25) is 0 Å². The van der Waals surface area contributed by atoms with Gasteiger partial charge in [0.15, 0.2) is 0 Å². The number of carbonyl (C=O) groups is 1. The number of pyridine rings is 2. The Kier molecular flexibility index (Phi) is 4.01. The van der Waals surface area contributed by atoms with E-state index in [0.29, 0.717) is 11.5 Å². The van der Waals surface area contributed by atoms with Crippen molar-refractivity contribution in [3.8, 4) is 0 Å². The van der Waals surface area contributed by atoms with Gasteiger partial charge in [-0.15, -0.1) is 0 Å². The van der Waals surface area contributed by atoms with Gasteiger partial charge < -0.3 is 11.1 Å². The Morgan fingerprint density at radius 3 is 2.79 bits per heavy atom. The lowest BCUT2D eigenvalue weighted by Crippen LogP contribution is -2.14. The van der Waals surface area contributed by atoms with Crippen molar-refractivity contribution in [3.63, 3.8) is 0 Å². The van der Waals surface area contributed by atoms with E-state index < -0.39 is 5.91 Å². The van der Waals surface area contributed by atoms with E-state index in [1.54, 1.807) is 12.3 Å². The van der Waals surface area contributed by atoms with E-state index in [-0.39, 0.29) is 10.7 Å². The van der Waals surface area contributed by atoms with Crippen LogP contribution >= 0.6 is 27.5 Å². The van der Waals surface area contributed by atoms with Crippen molar-refractivity contribution >= 4 is 44.9 Å². The normalized spacial score (nSPS) is 10.3. The third-order valence-corrected chi connectivity index (χ3v) is 3.52. The maximum Gasteiger partial charge on any atom is 0.260 e. The molecule has 19 heavy (non-hydrogen) atoms. The van der Waals surface area contributed by atoms with Gasteiger partial charge in [-0.2, -0.15) is 0 Å². The summed E-state index contributed by atoms with van der Waals surface area (Å²) in [4.78, 5) is 19.9. The Labute approximate surface area is 123 Å². The van der Waals surface area contributed by atoms with Gasteiger partial charge in [0, 0.05) is 10.7 Å². The molecular formula is C12H10BrClN4O. The molecule has 98 valence electrons. The molecule has 0 atom stereocenters. The lowest BCUT2D eigenvalue weighted by molar-refractivity contribution is 0.102. The number of hydrogen-bond acceptors (Lipinski definition) is 4. The Bertz CT molecular complexity index is 648. The molecule has 2 rings (SSSR count). The molecule has 7 heteroatoms. The first-order valence-electron chi connectivity index (χ1n) is 5.32. The Morgan fingerprint density at radius 2 is 2.11 bits per heavy atom.